The van der Waals surface area contributed by atoms with Gasteiger partial charge in [0.15, 0.2) is 0 Å². The number of aryl methyl sites for hydroxylation is 1. The monoisotopic (exact) mass is 296 g/mol. The first-order valence-electron chi connectivity index (χ1n) is 7.03. The number of phenolic OH excluding ortho intramolecular Hbond substituents is 1. The van der Waals surface area contributed by atoms with E-state index in [-0.39, 0.29) is 17.2 Å². The fourth-order valence-corrected chi connectivity index (χ4v) is 2.30. The Morgan fingerprint density at radius 1 is 1.27 bits per heavy atom. The number of phenols is 1. The smallest absolute Gasteiger partial charge is 0.259 e. The lowest BCUT2D eigenvalue weighted by atomic mass is 10.1. The number of carbonyl (C=O) groups excluding carboxylic acids is 1. The van der Waals surface area contributed by atoms with E-state index in [0.717, 1.165) is 11.1 Å². The summed E-state index contributed by atoms with van der Waals surface area (Å²) in [6.45, 7) is 3.03. The van der Waals surface area contributed by atoms with Gasteiger partial charge in [0.2, 0.25) is 5.90 Å². The highest BCUT2D eigenvalue weighted by Crippen LogP contribution is 2.23. The van der Waals surface area contributed by atoms with E-state index in [1.165, 1.54) is 0 Å². The number of nitrogens with one attached hydrogen (secondary N) is 1. The summed E-state index contributed by atoms with van der Waals surface area (Å²) in [5, 5.41) is 12.7. The second kappa shape index (κ2) is 5.89. The number of aromatic hydroxyl groups is 1. The zero-order chi connectivity index (χ0) is 15.5. The van der Waals surface area contributed by atoms with Gasteiger partial charge in [0, 0.05) is 0 Å². The zero-order valence-corrected chi connectivity index (χ0v) is 12.2. The SMILES string of the molecule is Cc1ccc(C(=O)Nc2ccccc2C2=NCCO2)c(O)c1. The molecular weight excluding hydrogens is 280 g/mol. The van der Waals surface area contributed by atoms with Crippen molar-refractivity contribution in [1.82, 2.24) is 0 Å². The van der Waals surface area contributed by atoms with Crippen LogP contribution in [0.1, 0.15) is 21.5 Å². The van der Waals surface area contributed by atoms with Crippen molar-refractivity contribution in [1.29, 1.82) is 0 Å². The molecule has 1 heterocycles. The minimum absolute atomic E-state index is 0.0376. The van der Waals surface area contributed by atoms with Crippen LogP contribution in [0.15, 0.2) is 47.5 Å². The van der Waals surface area contributed by atoms with E-state index in [4.69, 9.17) is 4.74 Å². The largest absolute Gasteiger partial charge is 0.507 e. The number of carbonyl (C=O) groups is 1. The Morgan fingerprint density at radius 3 is 2.82 bits per heavy atom. The summed E-state index contributed by atoms with van der Waals surface area (Å²) >= 11 is 0. The number of para-hydroxylation sites is 1. The van der Waals surface area contributed by atoms with Crippen molar-refractivity contribution < 1.29 is 14.6 Å². The van der Waals surface area contributed by atoms with Gasteiger partial charge in [-0.25, -0.2) is 4.99 Å². The highest BCUT2D eigenvalue weighted by atomic mass is 16.5. The predicted octanol–water partition coefficient (Wildman–Crippen LogP) is 2.73. The molecule has 0 atom stereocenters. The lowest BCUT2D eigenvalue weighted by Gasteiger charge is -2.11. The Morgan fingerprint density at radius 2 is 2.09 bits per heavy atom. The van der Waals surface area contributed by atoms with Gasteiger partial charge in [0.25, 0.3) is 5.91 Å². The molecule has 1 aliphatic heterocycles. The van der Waals surface area contributed by atoms with Gasteiger partial charge in [0.05, 0.1) is 23.4 Å². The summed E-state index contributed by atoms with van der Waals surface area (Å²) in [6, 6.07) is 12.3. The van der Waals surface area contributed by atoms with E-state index < -0.39 is 0 Å². The zero-order valence-electron chi connectivity index (χ0n) is 12.2. The van der Waals surface area contributed by atoms with Crippen LogP contribution < -0.4 is 5.32 Å². The molecule has 5 heteroatoms. The van der Waals surface area contributed by atoms with E-state index in [1.807, 2.05) is 25.1 Å². The number of rotatable bonds is 3. The minimum atomic E-state index is -0.372. The second-order valence-electron chi connectivity index (χ2n) is 5.06. The van der Waals surface area contributed by atoms with Crippen molar-refractivity contribution >= 4 is 17.5 Å². The number of hydrogen-bond acceptors (Lipinski definition) is 4. The van der Waals surface area contributed by atoms with Crippen molar-refractivity contribution in [2.24, 2.45) is 4.99 Å². The molecular formula is C17H16N2O3. The van der Waals surface area contributed by atoms with Crippen molar-refractivity contribution in [3.63, 3.8) is 0 Å². The minimum Gasteiger partial charge on any atom is -0.507 e. The lowest BCUT2D eigenvalue weighted by molar-refractivity contribution is 0.102. The molecule has 0 spiro atoms. The Bertz CT molecular complexity index is 753. The Kier molecular flexibility index (Phi) is 3.78. The molecule has 0 aliphatic carbocycles. The van der Waals surface area contributed by atoms with Crippen LogP contribution in [-0.2, 0) is 4.74 Å². The maximum atomic E-state index is 12.4. The molecule has 2 N–H and O–H groups in total. The first-order valence-corrected chi connectivity index (χ1v) is 7.03. The average Bonchev–Trinajstić information content (AvgIpc) is 3.01. The first-order chi connectivity index (χ1) is 10.6. The van der Waals surface area contributed by atoms with E-state index in [9.17, 15) is 9.90 Å². The van der Waals surface area contributed by atoms with Crippen LogP contribution in [0.3, 0.4) is 0 Å². The third-order valence-corrected chi connectivity index (χ3v) is 3.39. The third-order valence-electron chi connectivity index (χ3n) is 3.39. The molecule has 22 heavy (non-hydrogen) atoms. The molecule has 112 valence electrons. The van der Waals surface area contributed by atoms with Crippen LogP contribution in [-0.4, -0.2) is 30.1 Å². The molecule has 0 radical (unpaired) electrons. The van der Waals surface area contributed by atoms with E-state index in [1.54, 1.807) is 24.3 Å². The Labute approximate surface area is 128 Å². The highest BCUT2D eigenvalue weighted by molar-refractivity contribution is 6.10. The molecule has 5 nitrogen and oxygen atoms in total. The van der Waals surface area contributed by atoms with Gasteiger partial charge in [-0.3, -0.25) is 4.79 Å². The molecule has 0 saturated carbocycles. The van der Waals surface area contributed by atoms with Gasteiger partial charge in [-0.15, -0.1) is 0 Å². The van der Waals surface area contributed by atoms with Gasteiger partial charge in [-0.05, 0) is 36.8 Å². The quantitative estimate of drug-likeness (QED) is 0.915. The number of hydrogen-bond donors (Lipinski definition) is 2. The van der Waals surface area contributed by atoms with E-state index in [2.05, 4.69) is 10.3 Å². The predicted molar refractivity (Wildman–Crippen MR) is 84.6 cm³/mol. The summed E-state index contributed by atoms with van der Waals surface area (Å²) in [7, 11) is 0. The van der Waals surface area contributed by atoms with E-state index in [0.29, 0.717) is 24.7 Å². The second-order valence-corrected chi connectivity index (χ2v) is 5.06. The molecule has 3 rings (SSSR count). The average molecular weight is 296 g/mol. The highest BCUT2D eigenvalue weighted by Gasteiger charge is 2.17. The third kappa shape index (κ3) is 2.79. The van der Waals surface area contributed by atoms with Gasteiger partial charge in [-0.1, -0.05) is 18.2 Å². The molecule has 0 saturated heterocycles. The van der Waals surface area contributed by atoms with Crippen LogP contribution in [0.25, 0.3) is 0 Å². The normalized spacial score (nSPS) is 13.4. The van der Waals surface area contributed by atoms with Gasteiger partial charge >= 0.3 is 0 Å². The molecule has 1 aliphatic rings. The number of anilines is 1. The van der Waals surface area contributed by atoms with Crippen LogP contribution in [0.2, 0.25) is 0 Å². The fraction of sp³-hybridized carbons (Fsp3) is 0.176. The van der Waals surface area contributed by atoms with Gasteiger partial charge in [0.1, 0.15) is 12.4 Å². The number of benzene rings is 2. The maximum Gasteiger partial charge on any atom is 0.259 e. The van der Waals surface area contributed by atoms with Crippen LogP contribution in [0.4, 0.5) is 5.69 Å². The maximum absolute atomic E-state index is 12.4. The summed E-state index contributed by atoms with van der Waals surface area (Å²) in [5.41, 5.74) is 2.46. The van der Waals surface area contributed by atoms with Crippen LogP contribution in [0.5, 0.6) is 5.75 Å². The number of nitrogens with zero attached hydrogens (tertiary/aromatic N) is 1. The fourth-order valence-electron chi connectivity index (χ4n) is 2.30. The summed E-state index contributed by atoms with van der Waals surface area (Å²) in [4.78, 5) is 16.6. The first kappa shape index (κ1) is 14.1. The van der Waals surface area contributed by atoms with Crippen molar-refractivity contribution in [2.45, 2.75) is 6.92 Å². The van der Waals surface area contributed by atoms with E-state index >= 15 is 0 Å². The molecule has 2 aromatic rings. The van der Waals surface area contributed by atoms with Crippen molar-refractivity contribution in [3.05, 3.63) is 59.2 Å². The Hall–Kier alpha value is -2.82. The van der Waals surface area contributed by atoms with Crippen molar-refractivity contribution in [2.75, 3.05) is 18.5 Å². The van der Waals surface area contributed by atoms with Gasteiger partial charge < -0.3 is 15.2 Å². The number of ether oxygens (including phenoxy) is 1. The molecule has 1 amide bonds. The molecule has 0 aromatic heterocycles. The lowest BCUT2D eigenvalue weighted by Crippen LogP contribution is -2.15. The van der Waals surface area contributed by atoms with Crippen molar-refractivity contribution in [3.8, 4) is 5.75 Å². The summed E-state index contributed by atoms with van der Waals surface area (Å²) < 4.78 is 5.46. The molecule has 2 aromatic carbocycles. The number of amides is 1. The standard InChI is InChI=1S/C17H16N2O3/c1-11-6-7-13(15(20)10-11)16(21)19-14-5-3-2-4-12(14)17-18-8-9-22-17/h2-7,10,20H,8-9H2,1H3,(H,19,21). The van der Waals surface area contributed by atoms with Crippen LogP contribution >= 0.6 is 0 Å². The molecule has 0 unspecified atom stereocenters. The van der Waals surface area contributed by atoms with Gasteiger partial charge in [-0.2, -0.15) is 0 Å². The summed E-state index contributed by atoms with van der Waals surface area (Å²) in [5.74, 6) is 0.122. The van der Waals surface area contributed by atoms with Crippen LogP contribution in [0, 0.1) is 6.92 Å². The molecule has 0 bridgehead atoms. The molecule has 0 fully saturated rings. The Balaban J connectivity index is 1.88. The topological polar surface area (TPSA) is 70.9 Å². The number of aliphatic imine (C=N–C) groups is 1. The summed E-state index contributed by atoms with van der Waals surface area (Å²) in [6.07, 6.45) is 0.